The van der Waals surface area contributed by atoms with Gasteiger partial charge in [0.05, 0.1) is 0 Å². The number of hydrogen-bond acceptors (Lipinski definition) is 1. The Morgan fingerprint density at radius 2 is 1.59 bits per heavy atom. The molecule has 1 aromatic heterocycles. The van der Waals surface area contributed by atoms with Crippen molar-refractivity contribution in [1.82, 2.24) is 4.98 Å². The third kappa shape index (κ3) is 6.85. The third-order valence-electron chi connectivity index (χ3n) is 4.45. The van der Waals surface area contributed by atoms with Gasteiger partial charge in [-0.25, -0.2) is 0 Å². The van der Waals surface area contributed by atoms with Crippen LogP contribution in [0.5, 0.6) is 0 Å². The van der Waals surface area contributed by atoms with Crippen LogP contribution in [0.2, 0.25) is 3.43 Å². The predicted octanol–water partition coefficient (Wildman–Crippen LogP) is 6.49. The number of unbranched alkanes of at least 4 members (excludes halogenated alkanes) is 3. The van der Waals surface area contributed by atoms with Gasteiger partial charge in [-0.1, -0.05) is 0 Å². The summed E-state index contributed by atoms with van der Waals surface area (Å²) in [6, 6.07) is 4.24. The number of nitrogens with zero attached hydrogens (tertiary/aromatic N) is 1. The van der Waals surface area contributed by atoms with E-state index in [1.165, 1.54) is 66.9 Å². The average molecular weight is 406 g/mol. The molecule has 2 radical (unpaired) electrons. The Morgan fingerprint density at radius 3 is 2.00 bits per heavy atom. The molecular formula is C20H33NSn. The van der Waals surface area contributed by atoms with Crippen molar-refractivity contribution < 1.29 is 0 Å². The van der Waals surface area contributed by atoms with Crippen molar-refractivity contribution in [1.29, 1.82) is 0 Å². The van der Waals surface area contributed by atoms with Crippen LogP contribution in [-0.4, -0.2) is 26.1 Å². The van der Waals surface area contributed by atoms with Gasteiger partial charge in [0.15, 0.2) is 0 Å². The van der Waals surface area contributed by atoms with Crippen molar-refractivity contribution in [2.24, 2.45) is 0 Å². The molecule has 0 saturated carbocycles. The van der Waals surface area contributed by atoms with Crippen molar-refractivity contribution in [3.8, 4) is 0 Å². The van der Waals surface area contributed by atoms with E-state index in [4.69, 9.17) is 0 Å². The first-order valence-corrected chi connectivity index (χ1v) is 11.9. The summed E-state index contributed by atoms with van der Waals surface area (Å²) in [4.78, 5) is 4.29. The summed E-state index contributed by atoms with van der Waals surface area (Å²) in [6.07, 6.45) is 16.3. The third-order valence-corrected chi connectivity index (χ3v) is 9.79. The van der Waals surface area contributed by atoms with Gasteiger partial charge in [-0.15, -0.1) is 0 Å². The molecule has 122 valence electrons. The molecule has 2 heteroatoms. The van der Waals surface area contributed by atoms with Crippen molar-refractivity contribution >= 4 is 24.7 Å². The fourth-order valence-electron chi connectivity index (χ4n) is 3.04. The van der Waals surface area contributed by atoms with Crippen LogP contribution in [0.4, 0.5) is 0 Å². The van der Waals surface area contributed by atoms with Gasteiger partial charge in [-0.05, 0) is 0 Å². The second-order valence-electron chi connectivity index (χ2n) is 6.44. The molecule has 22 heavy (non-hydrogen) atoms. The summed E-state index contributed by atoms with van der Waals surface area (Å²) in [7, 11) is 0. The van der Waals surface area contributed by atoms with Crippen LogP contribution in [0.15, 0.2) is 31.1 Å². The fourth-order valence-corrected chi connectivity index (χ4v) is 8.29. The Morgan fingerprint density at radius 1 is 1.05 bits per heavy atom. The maximum atomic E-state index is 4.47. The van der Waals surface area contributed by atoms with Gasteiger partial charge >= 0.3 is 148 Å². The molecule has 1 nitrogen and oxygen atoms in total. The molecule has 0 aromatic carbocycles. The van der Waals surface area contributed by atoms with Crippen molar-refractivity contribution in [3.05, 3.63) is 36.7 Å². The van der Waals surface area contributed by atoms with Crippen LogP contribution in [0.1, 0.15) is 84.1 Å². The Hall–Kier alpha value is -0.311. The van der Waals surface area contributed by atoms with E-state index < -0.39 is 21.1 Å². The van der Waals surface area contributed by atoms with Crippen molar-refractivity contribution in [3.63, 3.8) is 0 Å². The predicted molar refractivity (Wildman–Crippen MR) is 100 cm³/mol. The molecule has 0 aliphatic heterocycles. The van der Waals surface area contributed by atoms with E-state index in [0.29, 0.717) is 3.43 Å². The molecule has 0 aliphatic carbocycles. The number of hydrogen-bond donors (Lipinski definition) is 0. The summed E-state index contributed by atoms with van der Waals surface area (Å²) in [5.74, 6) is 0. The summed E-state index contributed by atoms with van der Waals surface area (Å²) in [5, 5.41) is 0. The Bertz CT molecular complexity index is 391. The molecule has 0 unspecified atom stereocenters. The van der Waals surface area contributed by atoms with Crippen LogP contribution in [0.3, 0.4) is 0 Å². The topological polar surface area (TPSA) is 12.9 Å². The Labute approximate surface area is 148 Å². The molecule has 0 saturated heterocycles. The van der Waals surface area contributed by atoms with Crippen LogP contribution in [0, 0.1) is 0 Å². The molecule has 0 atom stereocenters. The van der Waals surface area contributed by atoms with Crippen LogP contribution >= 0.6 is 0 Å². The summed E-state index contributed by atoms with van der Waals surface area (Å²) in [6.45, 7) is 11.4. The Kier molecular flexibility index (Phi) is 10.1. The first kappa shape index (κ1) is 19.7. The molecular weight excluding hydrogens is 373 g/mol. The summed E-state index contributed by atoms with van der Waals surface area (Å²) < 4.78 is 2.07. The number of aromatic nitrogens is 1. The number of pyridine rings is 1. The molecule has 0 amide bonds. The molecule has 0 N–H and O–H groups in total. The normalized spacial score (nSPS) is 11.6. The monoisotopic (exact) mass is 407 g/mol. The summed E-state index contributed by atoms with van der Waals surface area (Å²) >= 11 is -0.684. The van der Waals surface area contributed by atoms with Crippen LogP contribution in [-0.2, 0) is 0 Å². The van der Waals surface area contributed by atoms with Gasteiger partial charge in [0.1, 0.15) is 0 Å². The van der Waals surface area contributed by atoms with E-state index >= 15 is 0 Å². The van der Waals surface area contributed by atoms with Gasteiger partial charge < -0.3 is 0 Å². The van der Waals surface area contributed by atoms with E-state index in [1.54, 1.807) is 0 Å². The second kappa shape index (κ2) is 11.3. The molecule has 1 rings (SSSR count). The first-order chi connectivity index (χ1) is 10.7. The second-order valence-corrected chi connectivity index (χ2v) is 11.9. The van der Waals surface area contributed by atoms with Gasteiger partial charge in [0.25, 0.3) is 0 Å². The molecule has 0 bridgehead atoms. The van der Waals surface area contributed by atoms with Gasteiger partial charge in [0.2, 0.25) is 0 Å². The molecule has 0 fully saturated rings. The van der Waals surface area contributed by atoms with E-state index in [2.05, 4.69) is 38.4 Å². The fraction of sp³-hybridized carbons (Fsp3) is 0.650. The Balaban J connectivity index is 2.86. The quantitative estimate of drug-likeness (QED) is 0.362. The van der Waals surface area contributed by atoms with Gasteiger partial charge in [0, 0.05) is 0 Å². The standard InChI is InChI=1S/C13H27.C7H6N.Sn/c1-4-7-10-13(11-8-5-2)12-9-6-3;1-2-7-4-3-5-8-6-7;/h4-12H2,1-3H3;3-6H,1H2;. The zero-order chi connectivity index (χ0) is 16.3. The van der Waals surface area contributed by atoms with E-state index in [0.717, 1.165) is 0 Å². The van der Waals surface area contributed by atoms with E-state index in [1.807, 2.05) is 18.5 Å². The average Bonchev–Trinajstić information content (AvgIpc) is 2.56. The van der Waals surface area contributed by atoms with E-state index in [9.17, 15) is 0 Å². The molecule has 0 aliphatic rings. The van der Waals surface area contributed by atoms with Crippen molar-refractivity contribution in [2.45, 2.75) is 82.0 Å². The van der Waals surface area contributed by atoms with Crippen molar-refractivity contribution in [2.75, 3.05) is 0 Å². The van der Waals surface area contributed by atoms with Gasteiger partial charge in [-0.2, -0.15) is 0 Å². The SMILES string of the molecule is C=[C]([Sn][C](CCCC)(CCCC)CCCC)c1cccnc1. The number of rotatable bonds is 12. The zero-order valence-corrected chi connectivity index (χ0v) is 17.7. The molecule has 0 spiro atoms. The minimum absolute atomic E-state index is 0.623. The van der Waals surface area contributed by atoms with Crippen LogP contribution in [0.25, 0.3) is 3.59 Å². The molecule has 1 heterocycles. The van der Waals surface area contributed by atoms with Gasteiger partial charge in [-0.3, -0.25) is 0 Å². The molecule has 1 aromatic rings. The maximum absolute atomic E-state index is 4.47. The minimum atomic E-state index is -0.684. The summed E-state index contributed by atoms with van der Waals surface area (Å²) in [5.41, 5.74) is 1.29. The van der Waals surface area contributed by atoms with E-state index in [-0.39, 0.29) is 0 Å². The van der Waals surface area contributed by atoms with Crippen LogP contribution < -0.4 is 0 Å². The zero-order valence-electron chi connectivity index (χ0n) is 14.8. The first-order valence-electron chi connectivity index (χ1n) is 9.05.